The Morgan fingerprint density at radius 2 is 1.70 bits per heavy atom. The van der Waals surface area contributed by atoms with Crippen molar-refractivity contribution in [3.63, 3.8) is 0 Å². The molecule has 11 heteroatoms. The molecule has 2 fully saturated rings. The van der Waals surface area contributed by atoms with Gasteiger partial charge in [0.05, 0.1) is 12.6 Å². The van der Waals surface area contributed by atoms with Crippen LogP contribution in [0.25, 0.3) is 0 Å². The van der Waals surface area contributed by atoms with Crippen molar-refractivity contribution < 1.29 is 23.5 Å². The van der Waals surface area contributed by atoms with E-state index in [4.69, 9.17) is 5.11 Å². The van der Waals surface area contributed by atoms with Crippen LogP contribution in [0.5, 0.6) is 0 Å². The largest absolute Gasteiger partial charge is 0.755 e. The first kappa shape index (κ1) is 23.0. The standard InChI is InChI=1S/C19H30N4O5S2/c24-17(25)11-12-22(30(27)28)16-13-20-18(29-16)21-19(26)23(14-7-3-1-4-8-14)15-9-5-2-6-10-15/h13-15H,1-12H2,(H,24,25)(H,27,28)(H,20,21,26)/p-1. The molecular weight excluding hydrogens is 428 g/mol. The molecule has 3 rings (SSSR count). The molecule has 1 aromatic heterocycles. The number of hydrogen-bond acceptors (Lipinski definition) is 6. The van der Waals surface area contributed by atoms with Crippen molar-refractivity contribution in [2.24, 2.45) is 0 Å². The van der Waals surface area contributed by atoms with Crippen LogP contribution in [0.1, 0.15) is 70.6 Å². The van der Waals surface area contributed by atoms with E-state index in [0.29, 0.717) is 5.13 Å². The molecule has 2 amide bonds. The van der Waals surface area contributed by atoms with Gasteiger partial charge < -0.3 is 14.6 Å². The van der Waals surface area contributed by atoms with E-state index in [-0.39, 0.29) is 36.1 Å². The molecule has 0 aliphatic heterocycles. The summed E-state index contributed by atoms with van der Waals surface area (Å²) >= 11 is -1.59. The molecule has 168 valence electrons. The second-order valence-corrected chi connectivity index (χ2v) is 9.77. The predicted octanol–water partition coefficient (Wildman–Crippen LogP) is 3.72. The van der Waals surface area contributed by atoms with Crippen molar-refractivity contribution in [3.8, 4) is 0 Å². The van der Waals surface area contributed by atoms with Crippen molar-refractivity contribution in [2.75, 3.05) is 16.2 Å². The van der Waals surface area contributed by atoms with Gasteiger partial charge in [-0.1, -0.05) is 49.9 Å². The number of nitrogens with one attached hydrogen (secondary N) is 1. The average Bonchev–Trinajstić information content (AvgIpc) is 3.17. The fourth-order valence-electron chi connectivity index (χ4n) is 4.40. The minimum absolute atomic E-state index is 0.171. The lowest BCUT2D eigenvalue weighted by Gasteiger charge is -2.41. The van der Waals surface area contributed by atoms with Crippen LogP contribution < -0.4 is 9.62 Å². The van der Waals surface area contributed by atoms with E-state index >= 15 is 0 Å². The third kappa shape index (κ3) is 6.14. The summed E-state index contributed by atoms with van der Waals surface area (Å²) in [4.78, 5) is 30.2. The molecular formula is C19H29N4O5S2-. The highest BCUT2D eigenvalue weighted by Crippen LogP contribution is 2.32. The van der Waals surface area contributed by atoms with E-state index < -0.39 is 17.2 Å². The Bertz CT molecular complexity index is 729. The van der Waals surface area contributed by atoms with E-state index in [1.807, 2.05) is 4.90 Å². The van der Waals surface area contributed by atoms with Crippen LogP contribution >= 0.6 is 11.3 Å². The molecule has 2 aliphatic rings. The molecule has 0 bridgehead atoms. The number of carbonyl (C=O) groups is 2. The minimum atomic E-state index is -2.62. The number of aliphatic carboxylic acids is 1. The number of amides is 2. The van der Waals surface area contributed by atoms with Crippen molar-refractivity contribution in [2.45, 2.75) is 82.7 Å². The minimum Gasteiger partial charge on any atom is -0.755 e. The van der Waals surface area contributed by atoms with Gasteiger partial charge in [-0.25, -0.2) is 9.78 Å². The van der Waals surface area contributed by atoms with Crippen LogP contribution in [0.4, 0.5) is 14.9 Å². The molecule has 0 saturated heterocycles. The van der Waals surface area contributed by atoms with Gasteiger partial charge in [-0.15, -0.1) is 0 Å². The number of thiazole rings is 1. The summed E-state index contributed by atoms with van der Waals surface area (Å²) in [6.07, 6.45) is 12.1. The Hall–Kier alpha value is -1.72. The molecule has 1 aromatic rings. The monoisotopic (exact) mass is 457 g/mol. The zero-order valence-electron chi connectivity index (χ0n) is 17.0. The molecule has 2 aliphatic carbocycles. The molecule has 1 unspecified atom stereocenters. The van der Waals surface area contributed by atoms with E-state index in [1.54, 1.807) is 0 Å². The van der Waals surface area contributed by atoms with Crippen molar-refractivity contribution in [1.82, 2.24) is 9.88 Å². The molecule has 1 atom stereocenters. The summed E-state index contributed by atoms with van der Waals surface area (Å²) in [7, 11) is 0. The summed E-state index contributed by atoms with van der Waals surface area (Å²) in [5, 5.41) is 12.3. The summed E-state index contributed by atoms with van der Waals surface area (Å²) in [6.45, 7) is -0.183. The van der Waals surface area contributed by atoms with E-state index in [2.05, 4.69) is 10.3 Å². The normalized spacial score (nSPS) is 19.2. The van der Waals surface area contributed by atoms with Crippen LogP contribution in [0.2, 0.25) is 0 Å². The summed E-state index contributed by atoms with van der Waals surface area (Å²) in [5.41, 5.74) is 0. The smallest absolute Gasteiger partial charge is 0.324 e. The maximum Gasteiger partial charge on any atom is 0.324 e. The second-order valence-electron chi connectivity index (χ2n) is 7.89. The van der Waals surface area contributed by atoms with E-state index in [1.165, 1.54) is 19.0 Å². The number of anilines is 2. The zero-order chi connectivity index (χ0) is 21.5. The molecule has 2 N–H and O–H groups in total. The Morgan fingerprint density at radius 1 is 1.13 bits per heavy atom. The van der Waals surface area contributed by atoms with Gasteiger partial charge in [0.25, 0.3) is 0 Å². The number of aromatic nitrogens is 1. The Labute approximate surface area is 183 Å². The van der Waals surface area contributed by atoms with Gasteiger partial charge in [0.15, 0.2) is 5.13 Å². The summed E-state index contributed by atoms with van der Waals surface area (Å²) in [6, 6.07) is 0.306. The maximum atomic E-state index is 13.2. The fraction of sp³-hybridized carbons (Fsp3) is 0.737. The number of rotatable bonds is 8. The first-order chi connectivity index (χ1) is 14.5. The molecule has 0 spiro atoms. The number of carbonyl (C=O) groups excluding carboxylic acids is 1. The Balaban J connectivity index is 1.70. The lowest BCUT2D eigenvalue weighted by Crippen LogP contribution is -2.50. The highest BCUT2D eigenvalue weighted by Gasteiger charge is 2.33. The third-order valence-electron chi connectivity index (χ3n) is 5.83. The van der Waals surface area contributed by atoms with E-state index in [0.717, 1.165) is 67.0 Å². The summed E-state index contributed by atoms with van der Waals surface area (Å²) in [5.74, 6) is -1.08. The van der Waals surface area contributed by atoms with Crippen molar-refractivity contribution >= 4 is 44.7 Å². The van der Waals surface area contributed by atoms with Crippen molar-refractivity contribution in [1.29, 1.82) is 0 Å². The van der Waals surface area contributed by atoms with Gasteiger partial charge in [0.2, 0.25) is 0 Å². The van der Waals surface area contributed by atoms with Gasteiger partial charge in [0.1, 0.15) is 5.00 Å². The topological polar surface area (TPSA) is 126 Å². The molecule has 1 heterocycles. The first-order valence-corrected chi connectivity index (χ1v) is 12.4. The third-order valence-corrected chi connectivity index (χ3v) is 7.62. The molecule has 0 aromatic carbocycles. The Morgan fingerprint density at radius 3 is 2.20 bits per heavy atom. The van der Waals surface area contributed by atoms with Crippen LogP contribution in [0.3, 0.4) is 0 Å². The van der Waals surface area contributed by atoms with Gasteiger partial charge in [-0.3, -0.25) is 18.6 Å². The molecule has 9 nitrogen and oxygen atoms in total. The number of hydrogen-bond donors (Lipinski definition) is 2. The summed E-state index contributed by atoms with van der Waals surface area (Å²) < 4.78 is 23.9. The number of nitrogens with zero attached hydrogens (tertiary/aromatic N) is 3. The van der Waals surface area contributed by atoms with Crippen LogP contribution in [0, 0.1) is 0 Å². The van der Waals surface area contributed by atoms with Crippen LogP contribution in [0.15, 0.2) is 6.20 Å². The van der Waals surface area contributed by atoms with Crippen LogP contribution in [-0.4, -0.2) is 54.4 Å². The van der Waals surface area contributed by atoms with Crippen molar-refractivity contribution in [3.05, 3.63) is 6.20 Å². The second kappa shape index (κ2) is 11.1. The number of carboxylic acid groups (broad SMARTS) is 1. The van der Waals surface area contributed by atoms with Gasteiger partial charge in [-0.2, -0.15) is 0 Å². The highest BCUT2D eigenvalue weighted by atomic mass is 32.2. The van der Waals surface area contributed by atoms with Gasteiger partial charge in [0, 0.05) is 29.9 Å². The molecule has 30 heavy (non-hydrogen) atoms. The van der Waals surface area contributed by atoms with Crippen LogP contribution in [-0.2, 0) is 16.1 Å². The lowest BCUT2D eigenvalue weighted by molar-refractivity contribution is -0.136. The average molecular weight is 458 g/mol. The Kier molecular flexibility index (Phi) is 8.46. The number of urea groups is 1. The maximum absolute atomic E-state index is 13.2. The van der Waals surface area contributed by atoms with Gasteiger partial charge in [-0.05, 0) is 25.7 Å². The zero-order valence-corrected chi connectivity index (χ0v) is 18.6. The number of carboxylic acids is 1. The first-order valence-electron chi connectivity index (χ1n) is 10.6. The lowest BCUT2D eigenvalue weighted by atomic mass is 9.89. The fourth-order valence-corrected chi connectivity index (χ4v) is 5.87. The molecule has 2 saturated carbocycles. The quantitative estimate of drug-likeness (QED) is 0.573. The SMILES string of the molecule is O=C(O)CCN(c1cnc(NC(=O)N(C2CCCCC2)C2CCCCC2)s1)S(=O)[O-]. The highest BCUT2D eigenvalue weighted by molar-refractivity contribution is 7.81. The van der Waals surface area contributed by atoms with Gasteiger partial charge >= 0.3 is 12.0 Å². The predicted molar refractivity (Wildman–Crippen MR) is 115 cm³/mol. The molecule has 0 radical (unpaired) electrons. The van der Waals surface area contributed by atoms with E-state index in [9.17, 15) is 18.4 Å².